The van der Waals surface area contributed by atoms with Gasteiger partial charge in [-0.15, -0.1) is 6.42 Å². The van der Waals surface area contributed by atoms with Crippen LogP contribution in [0, 0.1) is 37.0 Å². The highest BCUT2D eigenvalue weighted by Crippen LogP contribution is 2.54. The molecule has 2 aliphatic rings. The first-order valence-corrected chi connectivity index (χ1v) is 7.47. The molecule has 0 aliphatic heterocycles. The van der Waals surface area contributed by atoms with Gasteiger partial charge in [0.2, 0.25) is 5.91 Å². The SMILES string of the molecule is C#CCN(Cc1ccc(C)cc1)C(=O)[C@@H]1C[C@@H]1C1CC1. The molecule has 2 atom stereocenters. The first kappa shape index (κ1) is 13.2. The van der Waals surface area contributed by atoms with Gasteiger partial charge in [-0.3, -0.25) is 4.79 Å². The van der Waals surface area contributed by atoms with E-state index < -0.39 is 0 Å². The molecule has 1 amide bonds. The molecule has 0 saturated heterocycles. The lowest BCUT2D eigenvalue weighted by Gasteiger charge is -2.20. The van der Waals surface area contributed by atoms with E-state index in [1.54, 1.807) is 0 Å². The maximum Gasteiger partial charge on any atom is 0.227 e. The first-order chi connectivity index (χ1) is 9.69. The van der Waals surface area contributed by atoms with Gasteiger partial charge in [0.05, 0.1) is 6.54 Å². The van der Waals surface area contributed by atoms with Gasteiger partial charge in [0.1, 0.15) is 0 Å². The van der Waals surface area contributed by atoms with Gasteiger partial charge < -0.3 is 4.90 Å². The Morgan fingerprint density at radius 2 is 2.05 bits per heavy atom. The Hall–Kier alpha value is -1.75. The Labute approximate surface area is 121 Å². The molecule has 2 fully saturated rings. The standard InChI is InChI=1S/C18H21NO/c1-3-10-19(12-14-6-4-13(2)5-7-14)18(20)17-11-16(17)15-8-9-15/h1,4-7,15-17H,8-12H2,2H3/t16-,17-/m1/s1. The Morgan fingerprint density at radius 3 is 2.65 bits per heavy atom. The Balaban J connectivity index is 1.64. The lowest BCUT2D eigenvalue weighted by atomic mass is 10.1. The summed E-state index contributed by atoms with van der Waals surface area (Å²) in [5.41, 5.74) is 2.39. The third-order valence-electron chi connectivity index (χ3n) is 4.47. The van der Waals surface area contributed by atoms with E-state index in [4.69, 9.17) is 6.42 Å². The molecule has 1 aromatic rings. The summed E-state index contributed by atoms with van der Waals surface area (Å²) in [5, 5.41) is 0. The summed E-state index contributed by atoms with van der Waals surface area (Å²) in [7, 11) is 0. The average molecular weight is 267 g/mol. The normalized spacial score (nSPS) is 24.0. The van der Waals surface area contributed by atoms with Crippen LogP contribution in [0.5, 0.6) is 0 Å². The number of amides is 1. The van der Waals surface area contributed by atoms with E-state index in [0.717, 1.165) is 17.9 Å². The van der Waals surface area contributed by atoms with E-state index in [-0.39, 0.29) is 11.8 Å². The topological polar surface area (TPSA) is 20.3 Å². The van der Waals surface area contributed by atoms with Crippen LogP contribution in [-0.4, -0.2) is 17.4 Å². The van der Waals surface area contributed by atoms with Crippen molar-refractivity contribution in [3.63, 3.8) is 0 Å². The van der Waals surface area contributed by atoms with Gasteiger partial charge in [-0.2, -0.15) is 0 Å². The average Bonchev–Trinajstić information content (AvgIpc) is 3.30. The number of terminal acetylenes is 1. The molecule has 0 aromatic heterocycles. The van der Waals surface area contributed by atoms with Crippen molar-refractivity contribution in [3.8, 4) is 12.3 Å². The summed E-state index contributed by atoms with van der Waals surface area (Å²) in [6.07, 6.45) is 9.15. The van der Waals surface area contributed by atoms with Crippen LogP contribution >= 0.6 is 0 Å². The molecular formula is C18H21NO. The van der Waals surface area contributed by atoms with Crippen molar-refractivity contribution >= 4 is 5.91 Å². The molecule has 2 aliphatic carbocycles. The monoisotopic (exact) mass is 267 g/mol. The van der Waals surface area contributed by atoms with E-state index in [1.165, 1.54) is 18.4 Å². The van der Waals surface area contributed by atoms with Crippen LogP contribution in [0.3, 0.4) is 0 Å². The van der Waals surface area contributed by atoms with Crippen LogP contribution in [-0.2, 0) is 11.3 Å². The van der Waals surface area contributed by atoms with Crippen LogP contribution in [0.1, 0.15) is 30.4 Å². The number of hydrogen-bond donors (Lipinski definition) is 0. The highest BCUT2D eigenvalue weighted by Gasteiger charge is 2.52. The minimum Gasteiger partial charge on any atom is -0.327 e. The molecule has 0 bridgehead atoms. The number of carbonyl (C=O) groups is 1. The summed E-state index contributed by atoms with van der Waals surface area (Å²) < 4.78 is 0. The number of nitrogens with zero attached hydrogens (tertiary/aromatic N) is 1. The molecule has 3 rings (SSSR count). The molecule has 0 radical (unpaired) electrons. The number of hydrogen-bond acceptors (Lipinski definition) is 1. The molecule has 0 spiro atoms. The zero-order chi connectivity index (χ0) is 14.1. The zero-order valence-corrected chi connectivity index (χ0v) is 12.0. The van der Waals surface area contributed by atoms with E-state index >= 15 is 0 Å². The number of rotatable bonds is 5. The fourth-order valence-corrected chi connectivity index (χ4v) is 3.01. The summed E-state index contributed by atoms with van der Waals surface area (Å²) in [4.78, 5) is 14.4. The van der Waals surface area contributed by atoms with Gasteiger partial charge in [-0.05, 0) is 43.6 Å². The summed E-state index contributed by atoms with van der Waals surface area (Å²) in [6.45, 7) is 3.12. The second-order valence-electron chi connectivity index (χ2n) is 6.23. The third-order valence-corrected chi connectivity index (χ3v) is 4.47. The first-order valence-electron chi connectivity index (χ1n) is 7.47. The van der Waals surface area contributed by atoms with Crippen molar-refractivity contribution < 1.29 is 4.79 Å². The van der Waals surface area contributed by atoms with Crippen molar-refractivity contribution in [1.82, 2.24) is 4.90 Å². The van der Waals surface area contributed by atoms with E-state index in [1.807, 2.05) is 4.90 Å². The minimum absolute atomic E-state index is 0.251. The van der Waals surface area contributed by atoms with Crippen LogP contribution in [0.2, 0.25) is 0 Å². The predicted octanol–water partition coefficient (Wildman–Crippen LogP) is 3.00. The summed E-state index contributed by atoms with van der Waals surface area (Å²) in [6, 6.07) is 8.32. The molecule has 20 heavy (non-hydrogen) atoms. The Bertz CT molecular complexity index is 536. The van der Waals surface area contributed by atoms with Crippen molar-refractivity contribution in [2.24, 2.45) is 17.8 Å². The van der Waals surface area contributed by atoms with Gasteiger partial charge in [0, 0.05) is 12.5 Å². The highest BCUT2D eigenvalue weighted by atomic mass is 16.2. The molecule has 0 unspecified atom stereocenters. The maximum atomic E-state index is 12.5. The molecule has 2 nitrogen and oxygen atoms in total. The predicted molar refractivity (Wildman–Crippen MR) is 79.8 cm³/mol. The Morgan fingerprint density at radius 1 is 1.35 bits per heavy atom. The van der Waals surface area contributed by atoms with Crippen molar-refractivity contribution in [2.75, 3.05) is 6.54 Å². The zero-order valence-electron chi connectivity index (χ0n) is 12.0. The molecule has 104 valence electrons. The van der Waals surface area contributed by atoms with E-state index in [9.17, 15) is 4.79 Å². The number of carbonyl (C=O) groups excluding carboxylic acids is 1. The van der Waals surface area contributed by atoms with Crippen LogP contribution in [0.4, 0.5) is 0 Å². The molecule has 1 aromatic carbocycles. The fraction of sp³-hybridized carbons (Fsp3) is 0.500. The van der Waals surface area contributed by atoms with Crippen molar-refractivity contribution in [2.45, 2.75) is 32.7 Å². The van der Waals surface area contributed by atoms with Gasteiger partial charge in [0.25, 0.3) is 0 Å². The lowest BCUT2D eigenvalue weighted by molar-refractivity contribution is -0.132. The molecule has 0 N–H and O–H groups in total. The number of aryl methyl sites for hydroxylation is 1. The van der Waals surface area contributed by atoms with E-state index in [2.05, 4.69) is 37.1 Å². The molecule has 2 saturated carbocycles. The van der Waals surface area contributed by atoms with E-state index in [0.29, 0.717) is 19.0 Å². The summed E-state index contributed by atoms with van der Waals surface area (Å²) >= 11 is 0. The quantitative estimate of drug-likeness (QED) is 0.751. The second kappa shape index (κ2) is 5.32. The fourth-order valence-electron chi connectivity index (χ4n) is 3.01. The largest absolute Gasteiger partial charge is 0.327 e. The van der Waals surface area contributed by atoms with Crippen molar-refractivity contribution in [3.05, 3.63) is 35.4 Å². The molecular weight excluding hydrogens is 246 g/mol. The lowest BCUT2D eigenvalue weighted by Crippen LogP contribution is -2.32. The highest BCUT2D eigenvalue weighted by molar-refractivity contribution is 5.82. The van der Waals surface area contributed by atoms with Crippen LogP contribution in [0.25, 0.3) is 0 Å². The van der Waals surface area contributed by atoms with Gasteiger partial charge >= 0.3 is 0 Å². The smallest absolute Gasteiger partial charge is 0.227 e. The Kier molecular flexibility index (Phi) is 3.53. The maximum absolute atomic E-state index is 12.5. The van der Waals surface area contributed by atoms with Gasteiger partial charge in [-0.1, -0.05) is 35.7 Å². The second-order valence-corrected chi connectivity index (χ2v) is 6.23. The van der Waals surface area contributed by atoms with Crippen molar-refractivity contribution in [1.29, 1.82) is 0 Å². The molecule has 0 heterocycles. The van der Waals surface area contributed by atoms with Crippen LogP contribution < -0.4 is 0 Å². The van der Waals surface area contributed by atoms with Gasteiger partial charge in [0.15, 0.2) is 0 Å². The number of benzene rings is 1. The van der Waals surface area contributed by atoms with Crippen LogP contribution in [0.15, 0.2) is 24.3 Å². The van der Waals surface area contributed by atoms with Gasteiger partial charge in [-0.25, -0.2) is 0 Å². The summed E-state index contributed by atoms with van der Waals surface area (Å²) in [5.74, 6) is 4.63. The third kappa shape index (κ3) is 2.88. The minimum atomic E-state index is 0.251. The molecule has 2 heteroatoms.